The molecule has 6 heterocycles. The number of carbonyl (C=O) groups is 2. The summed E-state index contributed by atoms with van der Waals surface area (Å²) >= 11 is 0. The van der Waals surface area contributed by atoms with E-state index in [4.69, 9.17) is 19.6 Å². The Morgan fingerprint density at radius 1 is 0.755 bits per heavy atom. The van der Waals surface area contributed by atoms with Gasteiger partial charge in [-0.05, 0) is 203 Å². The second-order valence-corrected chi connectivity index (χ2v) is 30.5. The fourth-order valence-corrected chi connectivity index (χ4v) is 15.8. The number of amides is 2. The van der Waals surface area contributed by atoms with E-state index in [-0.39, 0.29) is 33.6 Å². The minimum absolute atomic E-state index is 0.0319. The van der Waals surface area contributed by atoms with Crippen LogP contribution >= 0.6 is 0 Å². The molecule has 0 bridgehead atoms. The number of nitrogens with zero attached hydrogens (tertiary/aromatic N) is 6. The van der Waals surface area contributed by atoms with E-state index in [1.54, 1.807) is 18.2 Å². The zero-order valence-electron chi connectivity index (χ0n) is 56.8. The van der Waals surface area contributed by atoms with Crippen molar-refractivity contribution in [2.24, 2.45) is 0 Å². The first kappa shape index (κ1) is 73.6. The first-order valence-corrected chi connectivity index (χ1v) is 37.4. The molecule has 0 radical (unpaired) electrons. The highest BCUT2D eigenvalue weighted by Gasteiger charge is 2.46. The SMILES string of the molecule is CCN1/C(=C/C=C(/C=C/C2=[N+](CC)c3ccc4c(C)cc(S(=O)(=O)O)cc4c3C2(C)C)c2ccc(C(=O)NCCCCCC(=O)NCc3cc4c(nc3CCCCCC[C@@H](C)c3cnc(C)nc3)NCCC4)cn2)C(C)(C)c2c1ccc1c(S(=O)(=O)O)cc(S(=O)(=O)O)cc21.O=C=O. The highest BCUT2D eigenvalue weighted by molar-refractivity contribution is 7.87. The largest absolute Gasteiger partial charge is 0.373 e. The molecule has 3 aliphatic heterocycles. The summed E-state index contributed by atoms with van der Waals surface area (Å²) < 4.78 is 109. The molecule has 4 aromatic carbocycles. The number of allylic oxidation sites excluding steroid dienone is 6. The molecule has 2 amide bonds. The quantitative estimate of drug-likeness (QED) is 0.0127. The first-order valence-electron chi connectivity index (χ1n) is 33.1. The minimum atomic E-state index is -4.97. The molecule has 0 aliphatic carbocycles. The number of anilines is 2. The van der Waals surface area contributed by atoms with E-state index in [1.165, 1.54) is 41.6 Å². The smallest absolute Gasteiger partial charge is 0.370 e. The molecule has 0 fully saturated rings. The molecule has 518 valence electrons. The summed E-state index contributed by atoms with van der Waals surface area (Å²) in [7, 11) is -14.4. The predicted molar refractivity (Wildman–Crippen MR) is 377 cm³/mol. The summed E-state index contributed by atoms with van der Waals surface area (Å²) in [6.45, 7) is 20.5. The van der Waals surface area contributed by atoms with E-state index >= 15 is 0 Å². The highest BCUT2D eigenvalue weighted by atomic mass is 32.2. The molecule has 98 heavy (non-hydrogen) atoms. The topological polar surface area (TPSA) is 325 Å². The van der Waals surface area contributed by atoms with Crippen LogP contribution in [0, 0.1) is 13.8 Å². The Hall–Kier alpha value is -8.68. The van der Waals surface area contributed by atoms with Crippen LogP contribution < -0.4 is 20.9 Å². The summed E-state index contributed by atoms with van der Waals surface area (Å²) in [6.07, 6.45) is 24.0. The van der Waals surface area contributed by atoms with Crippen LogP contribution in [0.25, 0.3) is 27.1 Å². The summed E-state index contributed by atoms with van der Waals surface area (Å²) in [5, 5.41) is 11.4. The number of likely N-dealkylation sites (N-methyl/N-ethyl adjacent to an activating group) is 1. The lowest BCUT2D eigenvalue weighted by Gasteiger charge is -2.26. The van der Waals surface area contributed by atoms with Crippen molar-refractivity contribution in [1.82, 2.24) is 30.6 Å². The normalized spacial score (nSPS) is 15.7. The molecule has 6 N–H and O–H groups in total. The zero-order valence-corrected chi connectivity index (χ0v) is 59.3. The van der Waals surface area contributed by atoms with Gasteiger partial charge < -0.3 is 20.9 Å². The van der Waals surface area contributed by atoms with E-state index in [9.17, 15) is 48.5 Å². The number of rotatable bonds is 26. The molecular formula is C73H86N9O13S3+. The Labute approximate surface area is 573 Å². The lowest BCUT2D eigenvalue weighted by atomic mass is 9.78. The van der Waals surface area contributed by atoms with Crippen LogP contribution in [-0.4, -0.2) is 113 Å². The van der Waals surface area contributed by atoms with E-state index in [1.807, 2.05) is 95.3 Å². The first-order chi connectivity index (χ1) is 46.4. The Morgan fingerprint density at radius 3 is 2.09 bits per heavy atom. The molecular weight excluding hydrogens is 1310 g/mol. The van der Waals surface area contributed by atoms with Crippen LogP contribution in [0.3, 0.4) is 0 Å². The second kappa shape index (κ2) is 30.6. The molecule has 0 saturated heterocycles. The van der Waals surface area contributed by atoms with Crippen LogP contribution in [0.1, 0.15) is 180 Å². The maximum atomic E-state index is 13.7. The molecule has 3 aromatic heterocycles. The number of hydrogen-bond acceptors (Lipinski definition) is 16. The van der Waals surface area contributed by atoms with Gasteiger partial charge in [0, 0.05) is 102 Å². The number of aryl methyl sites for hydroxylation is 4. The number of benzene rings is 4. The average molecular weight is 1390 g/mol. The van der Waals surface area contributed by atoms with Crippen molar-refractivity contribution in [2.45, 2.75) is 177 Å². The van der Waals surface area contributed by atoms with Crippen molar-refractivity contribution in [3.8, 4) is 0 Å². The van der Waals surface area contributed by atoms with Gasteiger partial charge in [-0.25, -0.2) is 15.0 Å². The average Bonchev–Trinajstić information content (AvgIpc) is 1.54. The fraction of sp³-hybridized carbons (Fsp3) is 0.397. The van der Waals surface area contributed by atoms with E-state index < -0.39 is 51.0 Å². The molecule has 1 atom stereocenters. The molecule has 25 heteroatoms. The number of fused-ring (bicyclic) bond motifs is 7. The number of nitrogens with one attached hydrogen (secondary N) is 3. The standard InChI is InChI=1S/C72H85N9O11S3.CO2/c1-10-80-61-30-27-55-46(4)36-53(93(84,85)86)38-57(55)67(61)71(6,7)64(80)32-25-48(26-33-65-72(8,9)68-58-39-54(94(87,88)89)40-63(95(90,91)92)56(58)28-31-62(68)81(65)11-2)59-29-24-50(41-77-59)70(83)74-34-18-14-17-23-66(82)78-42-51-37-49-21-19-35-73-69(49)79-60(51)22-16-13-12-15-20-45(3)52-43-75-47(5)76-44-52;2-1-3/h24-33,36-41,43-45H,10-23,34-35,42H2,1-9H3,(H5-,73,74,78,79,82,83,84,85,86,87,88,89,90,91,92);/p+1/t45-;/m1./s1. The number of carbonyl (C=O) groups excluding carboxylic acids is 4. The van der Waals surface area contributed by atoms with Crippen LogP contribution in [0.4, 0.5) is 17.2 Å². The van der Waals surface area contributed by atoms with Gasteiger partial charge in [-0.1, -0.05) is 58.6 Å². The molecule has 10 rings (SSSR count). The van der Waals surface area contributed by atoms with Gasteiger partial charge in [0.25, 0.3) is 36.3 Å². The van der Waals surface area contributed by atoms with Gasteiger partial charge in [-0.3, -0.25) is 28.2 Å². The van der Waals surface area contributed by atoms with Gasteiger partial charge in [0.2, 0.25) is 11.6 Å². The molecule has 0 unspecified atom stereocenters. The molecule has 7 aromatic rings. The van der Waals surface area contributed by atoms with Gasteiger partial charge in [0.1, 0.15) is 23.1 Å². The molecule has 3 aliphatic rings. The maximum absolute atomic E-state index is 13.7. The highest BCUT2D eigenvalue weighted by Crippen LogP contribution is 2.52. The third-order valence-corrected chi connectivity index (χ3v) is 21.5. The van der Waals surface area contributed by atoms with Gasteiger partial charge in [-0.15, -0.1) is 0 Å². The third-order valence-electron chi connectivity index (χ3n) is 18.9. The van der Waals surface area contributed by atoms with Crippen molar-refractivity contribution >= 4 is 98.3 Å². The maximum Gasteiger partial charge on any atom is 0.373 e. The van der Waals surface area contributed by atoms with Gasteiger partial charge in [0.05, 0.1) is 26.5 Å². The van der Waals surface area contributed by atoms with Gasteiger partial charge in [-0.2, -0.15) is 39.4 Å². The lowest BCUT2D eigenvalue weighted by Crippen LogP contribution is -2.27. The number of hydrogen-bond donors (Lipinski definition) is 6. The molecule has 0 spiro atoms. The van der Waals surface area contributed by atoms with Crippen LogP contribution in [0.15, 0.2) is 130 Å². The Balaban J connectivity index is 0.00000368. The van der Waals surface area contributed by atoms with Crippen LogP contribution in [0.5, 0.6) is 0 Å². The fourth-order valence-electron chi connectivity index (χ4n) is 13.9. The minimum Gasteiger partial charge on any atom is -0.370 e. The van der Waals surface area contributed by atoms with Crippen molar-refractivity contribution < 1.29 is 62.7 Å². The number of unbranched alkanes of at least 4 members (excludes halogenated alkanes) is 5. The van der Waals surface area contributed by atoms with E-state index in [0.29, 0.717) is 90.4 Å². The lowest BCUT2D eigenvalue weighted by molar-refractivity contribution is -0.433. The summed E-state index contributed by atoms with van der Waals surface area (Å²) in [5.74, 6) is 1.80. The second-order valence-electron chi connectivity index (χ2n) is 26.2. The molecule has 0 saturated carbocycles. The third kappa shape index (κ3) is 16.4. The summed E-state index contributed by atoms with van der Waals surface area (Å²) in [6, 6.07) is 17.8. The van der Waals surface area contributed by atoms with Crippen molar-refractivity contribution in [3.05, 3.63) is 171 Å². The Morgan fingerprint density at radius 2 is 1.43 bits per heavy atom. The van der Waals surface area contributed by atoms with Gasteiger partial charge >= 0.3 is 6.15 Å². The molecule has 22 nitrogen and oxygen atoms in total. The van der Waals surface area contributed by atoms with Gasteiger partial charge in [0.15, 0.2) is 5.71 Å². The number of pyridine rings is 2. The Kier molecular flexibility index (Phi) is 23.0. The van der Waals surface area contributed by atoms with Crippen molar-refractivity contribution in [2.75, 3.05) is 36.4 Å². The van der Waals surface area contributed by atoms with E-state index in [2.05, 4.69) is 57.3 Å². The van der Waals surface area contributed by atoms with Crippen molar-refractivity contribution in [3.63, 3.8) is 0 Å². The zero-order chi connectivity index (χ0) is 71.1. The van der Waals surface area contributed by atoms with E-state index in [0.717, 1.165) is 121 Å². The predicted octanol–water partition coefficient (Wildman–Crippen LogP) is 12.3. The van der Waals surface area contributed by atoms with Crippen LogP contribution in [0.2, 0.25) is 0 Å². The van der Waals surface area contributed by atoms with Crippen molar-refractivity contribution in [1.29, 1.82) is 0 Å². The summed E-state index contributed by atoms with van der Waals surface area (Å²) in [5.41, 5.74) is 9.53. The number of aromatic nitrogens is 4. The van der Waals surface area contributed by atoms with Crippen LogP contribution in [-0.2, 0) is 75.0 Å². The Bertz CT molecular complexity index is 4750. The summed E-state index contributed by atoms with van der Waals surface area (Å²) in [4.78, 5) is 62.3. The monoisotopic (exact) mass is 1390 g/mol.